The highest BCUT2D eigenvalue weighted by molar-refractivity contribution is 5.87. The number of carboxylic acid groups (broad SMARTS) is 1. The van der Waals surface area contributed by atoms with Crippen molar-refractivity contribution in [2.75, 3.05) is 0 Å². The molecular formula is C20H29NO5. The van der Waals surface area contributed by atoms with Crippen molar-refractivity contribution in [3.05, 3.63) is 35.9 Å². The van der Waals surface area contributed by atoms with Gasteiger partial charge in [-0.3, -0.25) is 4.90 Å². The SMILES string of the molecule is CC(C)N(C(=O)OCc1ccccc1)C1(C(=O)O)CC(C)(C)OC1(C)C. The summed E-state index contributed by atoms with van der Waals surface area (Å²) in [6, 6.07) is 8.94. The molecule has 0 saturated carbocycles. The molecule has 1 saturated heterocycles. The molecule has 1 unspecified atom stereocenters. The van der Waals surface area contributed by atoms with E-state index in [4.69, 9.17) is 9.47 Å². The Bertz CT molecular complexity index is 668. The van der Waals surface area contributed by atoms with Gasteiger partial charge in [-0.2, -0.15) is 0 Å². The molecule has 0 aliphatic carbocycles. The molecule has 1 fully saturated rings. The Morgan fingerprint density at radius 3 is 2.19 bits per heavy atom. The quantitative estimate of drug-likeness (QED) is 0.860. The van der Waals surface area contributed by atoms with Crippen molar-refractivity contribution in [3.63, 3.8) is 0 Å². The Balaban J connectivity index is 2.36. The van der Waals surface area contributed by atoms with Crippen LogP contribution in [-0.4, -0.2) is 44.9 Å². The molecule has 0 radical (unpaired) electrons. The second-order valence-electron chi connectivity index (χ2n) is 8.22. The predicted molar refractivity (Wildman–Crippen MR) is 97.8 cm³/mol. The molecule has 6 heteroatoms. The van der Waals surface area contributed by atoms with Gasteiger partial charge in [0.2, 0.25) is 0 Å². The minimum Gasteiger partial charge on any atom is -0.479 e. The maximum Gasteiger partial charge on any atom is 0.411 e. The van der Waals surface area contributed by atoms with E-state index in [9.17, 15) is 14.7 Å². The van der Waals surface area contributed by atoms with E-state index in [1.54, 1.807) is 27.7 Å². The Morgan fingerprint density at radius 2 is 1.77 bits per heavy atom. The third-order valence-corrected chi connectivity index (χ3v) is 4.89. The van der Waals surface area contributed by atoms with Gasteiger partial charge in [-0.25, -0.2) is 9.59 Å². The Hall–Kier alpha value is -2.08. The highest BCUT2D eigenvalue weighted by Gasteiger charge is 2.67. The first-order valence-electron chi connectivity index (χ1n) is 8.86. The smallest absolute Gasteiger partial charge is 0.411 e. The Kier molecular flexibility index (Phi) is 5.38. The molecule has 1 aliphatic rings. The fraction of sp³-hybridized carbons (Fsp3) is 0.600. The van der Waals surface area contributed by atoms with Gasteiger partial charge in [-0.15, -0.1) is 0 Å². The number of ether oxygens (including phenoxy) is 2. The Morgan fingerprint density at radius 1 is 1.19 bits per heavy atom. The van der Waals surface area contributed by atoms with Crippen LogP contribution in [0, 0.1) is 0 Å². The van der Waals surface area contributed by atoms with Crippen LogP contribution in [0.2, 0.25) is 0 Å². The van der Waals surface area contributed by atoms with E-state index in [2.05, 4.69) is 0 Å². The molecule has 2 rings (SSSR count). The minimum atomic E-state index is -1.52. The molecule has 1 aromatic carbocycles. The van der Waals surface area contributed by atoms with E-state index in [1.807, 2.05) is 44.2 Å². The molecule has 144 valence electrons. The maximum absolute atomic E-state index is 12.9. The van der Waals surface area contributed by atoms with Crippen molar-refractivity contribution in [2.24, 2.45) is 0 Å². The number of carbonyl (C=O) groups is 2. The summed E-state index contributed by atoms with van der Waals surface area (Å²) < 4.78 is 11.5. The first kappa shape index (κ1) is 20.2. The first-order valence-corrected chi connectivity index (χ1v) is 8.86. The predicted octanol–water partition coefficient (Wildman–Crippen LogP) is 3.83. The highest BCUT2D eigenvalue weighted by Crippen LogP contribution is 2.49. The van der Waals surface area contributed by atoms with Gasteiger partial charge in [0.25, 0.3) is 0 Å². The summed E-state index contributed by atoms with van der Waals surface area (Å²) in [5.41, 5.74) is -2.41. The van der Waals surface area contributed by atoms with Crippen molar-refractivity contribution >= 4 is 12.1 Å². The number of hydrogen-bond acceptors (Lipinski definition) is 4. The number of benzene rings is 1. The summed E-state index contributed by atoms with van der Waals surface area (Å²) in [5, 5.41) is 10.2. The molecule has 1 atom stereocenters. The number of hydrogen-bond donors (Lipinski definition) is 1. The van der Waals surface area contributed by atoms with E-state index in [0.29, 0.717) is 0 Å². The molecular weight excluding hydrogens is 334 g/mol. The normalized spacial score (nSPS) is 23.7. The number of nitrogens with zero attached hydrogens (tertiary/aromatic N) is 1. The van der Waals surface area contributed by atoms with E-state index in [0.717, 1.165) is 5.56 Å². The lowest BCUT2D eigenvalue weighted by atomic mass is 9.77. The van der Waals surface area contributed by atoms with Crippen molar-refractivity contribution in [2.45, 2.75) is 77.4 Å². The molecule has 1 heterocycles. The fourth-order valence-electron chi connectivity index (χ4n) is 4.05. The van der Waals surface area contributed by atoms with Gasteiger partial charge in [-0.05, 0) is 47.1 Å². The van der Waals surface area contributed by atoms with E-state index >= 15 is 0 Å². The summed E-state index contributed by atoms with van der Waals surface area (Å²) in [5.74, 6) is -1.08. The maximum atomic E-state index is 12.9. The molecule has 1 N–H and O–H groups in total. The third kappa shape index (κ3) is 3.56. The number of aliphatic carboxylic acids is 1. The van der Waals surface area contributed by atoms with Gasteiger partial charge >= 0.3 is 12.1 Å². The average Bonchev–Trinajstić information content (AvgIpc) is 2.71. The number of rotatable bonds is 5. The van der Waals surface area contributed by atoms with Crippen LogP contribution in [0.3, 0.4) is 0 Å². The van der Waals surface area contributed by atoms with Crippen molar-refractivity contribution in [3.8, 4) is 0 Å². The van der Waals surface area contributed by atoms with Gasteiger partial charge in [0.05, 0.1) is 11.2 Å². The largest absolute Gasteiger partial charge is 0.479 e. The zero-order chi connectivity index (χ0) is 19.8. The van der Waals surface area contributed by atoms with E-state index < -0.39 is 28.8 Å². The molecule has 0 spiro atoms. The molecule has 1 aliphatic heterocycles. The molecule has 26 heavy (non-hydrogen) atoms. The standard InChI is InChI=1S/C20H29NO5/c1-14(2)21(17(24)25-12-15-10-8-7-9-11-15)20(16(22)23)13-18(3,4)26-19(20,5)6/h7-11,14H,12-13H2,1-6H3,(H,22,23). The van der Waals surface area contributed by atoms with Gasteiger partial charge in [0.15, 0.2) is 5.54 Å². The lowest BCUT2D eigenvalue weighted by Crippen LogP contribution is -2.67. The number of carboxylic acids is 1. The highest BCUT2D eigenvalue weighted by atomic mass is 16.6. The van der Waals surface area contributed by atoms with Gasteiger partial charge in [-0.1, -0.05) is 30.3 Å². The monoisotopic (exact) mass is 363 g/mol. The van der Waals surface area contributed by atoms with Crippen molar-refractivity contribution < 1.29 is 24.2 Å². The van der Waals surface area contributed by atoms with Crippen LogP contribution < -0.4 is 0 Å². The molecule has 0 aromatic heterocycles. The average molecular weight is 363 g/mol. The summed E-state index contributed by atoms with van der Waals surface area (Å²) >= 11 is 0. The topological polar surface area (TPSA) is 76.1 Å². The van der Waals surface area contributed by atoms with E-state index in [-0.39, 0.29) is 19.1 Å². The van der Waals surface area contributed by atoms with Crippen LogP contribution in [0.15, 0.2) is 30.3 Å². The first-order chi connectivity index (χ1) is 11.9. The van der Waals surface area contributed by atoms with Crippen LogP contribution in [0.1, 0.15) is 53.5 Å². The minimum absolute atomic E-state index is 0.0866. The van der Waals surface area contributed by atoms with Gasteiger partial charge in [0.1, 0.15) is 6.61 Å². The molecule has 1 amide bonds. The van der Waals surface area contributed by atoms with Crippen molar-refractivity contribution in [1.29, 1.82) is 0 Å². The zero-order valence-corrected chi connectivity index (χ0v) is 16.4. The summed E-state index contributed by atoms with van der Waals surface area (Å²) in [6.45, 7) is 10.8. The second kappa shape index (κ2) is 6.91. The van der Waals surface area contributed by atoms with E-state index in [1.165, 1.54) is 4.90 Å². The second-order valence-corrected chi connectivity index (χ2v) is 8.22. The molecule has 0 bridgehead atoms. The third-order valence-electron chi connectivity index (χ3n) is 4.89. The van der Waals surface area contributed by atoms with Crippen LogP contribution >= 0.6 is 0 Å². The van der Waals surface area contributed by atoms with Crippen LogP contribution in [0.5, 0.6) is 0 Å². The van der Waals surface area contributed by atoms with Gasteiger partial charge < -0.3 is 14.6 Å². The van der Waals surface area contributed by atoms with Gasteiger partial charge in [0, 0.05) is 12.5 Å². The van der Waals surface area contributed by atoms with Crippen LogP contribution in [0.4, 0.5) is 4.79 Å². The zero-order valence-electron chi connectivity index (χ0n) is 16.4. The van der Waals surface area contributed by atoms with Crippen LogP contribution in [0.25, 0.3) is 0 Å². The van der Waals surface area contributed by atoms with Crippen molar-refractivity contribution in [1.82, 2.24) is 4.90 Å². The Labute approximate surface area is 155 Å². The molecule has 1 aromatic rings. The molecule has 6 nitrogen and oxygen atoms in total. The fourth-order valence-corrected chi connectivity index (χ4v) is 4.05. The number of amides is 1. The summed E-state index contributed by atoms with van der Waals surface area (Å²) in [7, 11) is 0. The lowest BCUT2D eigenvalue weighted by molar-refractivity contribution is -0.166. The van der Waals surface area contributed by atoms with Crippen LogP contribution in [-0.2, 0) is 20.9 Å². The number of carbonyl (C=O) groups excluding carboxylic acids is 1. The lowest BCUT2D eigenvalue weighted by Gasteiger charge is -2.46. The summed E-state index contributed by atoms with van der Waals surface area (Å²) in [6.07, 6.45) is -0.471. The summed E-state index contributed by atoms with van der Waals surface area (Å²) in [4.78, 5) is 26.7.